The van der Waals surface area contributed by atoms with Crippen LogP contribution in [0.4, 0.5) is 0 Å². The quantitative estimate of drug-likeness (QED) is 0.732. The SMILES string of the molecule is Cc1c(O)ccc2c(=O)c(-c3ccccc3Cl)coc12. The molecular weight excluding hydrogens is 276 g/mol. The topological polar surface area (TPSA) is 50.4 Å². The van der Waals surface area contributed by atoms with E-state index in [-0.39, 0.29) is 11.2 Å². The number of aryl methyl sites for hydroxylation is 1. The molecule has 0 saturated carbocycles. The van der Waals surface area contributed by atoms with E-state index in [2.05, 4.69) is 0 Å². The molecule has 0 aliphatic carbocycles. The van der Waals surface area contributed by atoms with Gasteiger partial charge in [0.05, 0.1) is 10.9 Å². The van der Waals surface area contributed by atoms with E-state index in [9.17, 15) is 9.90 Å². The lowest BCUT2D eigenvalue weighted by Crippen LogP contribution is -2.05. The maximum atomic E-state index is 12.5. The molecule has 1 heterocycles. The Kier molecular flexibility index (Phi) is 2.99. The van der Waals surface area contributed by atoms with E-state index < -0.39 is 0 Å². The van der Waals surface area contributed by atoms with Crippen LogP contribution in [-0.4, -0.2) is 5.11 Å². The number of rotatable bonds is 1. The van der Waals surface area contributed by atoms with E-state index in [0.717, 1.165) is 0 Å². The van der Waals surface area contributed by atoms with Crippen molar-refractivity contribution in [3.63, 3.8) is 0 Å². The maximum Gasteiger partial charge on any atom is 0.200 e. The van der Waals surface area contributed by atoms with Gasteiger partial charge in [-0.25, -0.2) is 0 Å². The fourth-order valence-electron chi connectivity index (χ4n) is 2.19. The highest BCUT2D eigenvalue weighted by molar-refractivity contribution is 6.33. The Morgan fingerprint density at radius 2 is 1.85 bits per heavy atom. The van der Waals surface area contributed by atoms with Gasteiger partial charge in [0.25, 0.3) is 0 Å². The average Bonchev–Trinajstić information content (AvgIpc) is 2.45. The monoisotopic (exact) mass is 286 g/mol. The fourth-order valence-corrected chi connectivity index (χ4v) is 2.43. The standard InChI is InChI=1S/C16H11ClO3/c1-9-14(18)7-6-11-15(19)12(8-20-16(9)11)10-4-2-3-5-13(10)17/h2-8,18H,1H3. The van der Waals surface area contributed by atoms with Crippen molar-refractivity contribution in [3.8, 4) is 16.9 Å². The van der Waals surface area contributed by atoms with Gasteiger partial charge in [-0.05, 0) is 25.1 Å². The third kappa shape index (κ3) is 1.87. The minimum Gasteiger partial charge on any atom is -0.508 e. The second-order valence-electron chi connectivity index (χ2n) is 4.54. The lowest BCUT2D eigenvalue weighted by Gasteiger charge is -2.07. The van der Waals surface area contributed by atoms with Crippen LogP contribution in [0.5, 0.6) is 5.75 Å². The molecule has 2 aromatic carbocycles. The zero-order chi connectivity index (χ0) is 14.3. The molecule has 1 aromatic heterocycles. The lowest BCUT2D eigenvalue weighted by atomic mass is 10.0. The van der Waals surface area contributed by atoms with Crippen molar-refractivity contribution in [3.05, 3.63) is 63.5 Å². The van der Waals surface area contributed by atoms with Crippen LogP contribution in [0.25, 0.3) is 22.1 Å². The van der Waals surface area contributed by atoms with E-state index >= 15 is 0 Å². The van der Waals surface area contributed by atoms with E-state index in [0.29, 0.717) is 32.7 Å². The van der Waals surface area contributed by atoms with Gasteiger partial charge in [0, 0.05) is 16.1 Å². The van der Waals surface area contributed by atoms with Crippen LogP contribution in [0.3, 0.4) is 0 Å². The summed E-state index contributed by atoms with van der Waals surface area (Å²) in [6, 6.07) is 10.2. The van der Waals surface area contributed by atoms with Crippen molar-refractivity contribution in [1.82, 2.24) is 0 Å². The second kappa shape index (κ2) is 4.69. The molecule has 0 saturated heterocycles. The Hall–Kier alpha value is -2.26. The predicted octanol–water partition coefficient (Wildman–Crippen LogP) is 4.13. The third-order valence-corrected chi connectivity index (χ3v) is 3.65. The molecule has 3 rings (SSSR count). The Morgan fingerprint density at radius 3 is 2.60 bits per heavy atom. The molecule has 0 aliphatic heterocycles. The molecule has 3 nitrogen and oxygen atoms in total. The zero-order valence-corrected chi connectivity index (χ0v) is 11.4. The van der Waals surface area contributed by atoms with Crippen LogP contribution in [0, 0.1) is 6.92 Å². The molecule has 0 radical (unpaired) electrons. The number of hydrogen-bond donors (Lipinski definition) is 1. The molecule has 0 fully saturated rings. The van der Waals surface area contributed by atoms with E-state index in [4.69, 9.17) is 16.0 Å². The number of halogens is 1. The van der Waals surface area contributed by atoms with Gasteiger partial charge in [-0.1, -0.05) is 29.8 Å². The van der Waals surface area contributed by atoms with Gasteiger partial charge in [-0.2, -0.15) is 0 Å². The van der Waals surface area contributed by atoms with Gasteiger partial charge in [0.1, 0.15) is 17.6 Å². The summed E-state index contributed by atoms with van der Waals surface area (Å²) in [5, 5.41) is 10.6. The molecule has 0 aliphatic rings. The first-order valence-corrected chi connectivity index (χ1v) is 6.46. The summed E-state index contributed by atoms with van der Waals surface area (Å²) in [6.45, 7) is 1.70. The predicted molar refractivity (Wildman–Crippen MR) is 79.3 cm³/mol. The Balaban J connectivity index is 2.36. The van der Waals surface area contributed by atoms with Gasteiger partial charge < -0.3 is 9.52 Å². The number of phenols is 1. The average molecular weight is 287 g/mol. The summed E-state index contributed by atoms with van der Waals surface area (Å²) in [5.41, 5.74) is 1.82. The highest BCUT2D eigenvalue weighted by atomic mass is 35.5. The van der Waals surface area contributed by atoms with Crippen molar-refractivity contribution < 1.29 is 9.52 Å². The van der Waals surface area contributed by atoms with Gasteiger partial charge in [-0.3, -0.25) is 4.79 Å². The van der Waals surface area contributed by atoms with E-state index in [1.54, 1.807) is 31.2 Å². The first kappa shape index (κ1) is 12.8. The Morgan fingerprint density at radius 1 is 1.10 bits per heavy atom. The smallest absolute Gasteiger partial charge is 0.200 e. The maximum absolute atomic E-state index is 12.5. The molecule has 4 heteroatoms. The van der Waals surface area contributed by atoms with Gasteiger partial charge in [-0.15, -0.1) is 0 Å². The first-order chi connectivity index (χ1) is 9.59. The van der Waals surface area contributed by atoms with Gasteiger partial charge in [0.2, 0.25) is 5.43 Å². The highest BCUT2D eigenvalue weighted by Gasteiger charge is 2.13. The largest absolute Gasteiger partial charge is 0.508 e. The second-order valence-corrected chi connectivity index (χ2v) is 4.95. The summed E-state index contributed by atoms with van der Waals surface area (Å²) in [4.78, 5) is 12.5. The van der Waals surface area contributed by atoms with Gasteiger partial charge >= 0.3 is 0 Å². The minimum atomic E-state index is -0.164. The first-order valence-electron chi connectivity index (χ1n) is 6.08. The van der Waals surface area contributed by atoms with Gasteiger partial charge in [0.15, 0.2) is 0 Å². The molecular formula is C16H11ClO3. The zero-order valence-electron chi connectivity index (χ0n) is 10.7. The van der Waals surface area contributed by atoms with Crippen LogP contribution in [0.15, 0.2) is 51.9 Å². The molecule has 20 heavy (non-hydrogen) atoms. The van der Waals surface area contributed by atoms with Crippen LogP contribution in [0.2, 0.25) is 5.02 Å². The molecule has 0 amide bonds. The van der Waals surface area contributed by atoms with Crippen LogP contribution in [0.1, 0.15) is 5.56 Å². The summed E-state index contributed by atoms with van der Waals surface area (Å²) in [6.07, 6.45) is 1.39. The summed E-state index contributed by atoms with van der Waals surface area (Å²) < 4.78 is 5.53. The summed E-state index contributed by atoms with van der Waals surface area (Å²) in [5.74, 6) is 0.103. The Labute approximate surface area is 120 Å². The molecule has 3 aromatic rings. The highest BCUT2D eigenvalue weighted by Crippen LogP contribution is 2.29. The number of benzene rings is 2. The van der Waals surface area contributed by atoms with Crippen molar-refractivity contribution in [2.75, 3.05) is 0 Å². The van der Waals surface area contributed by atoms with Crippen LogP contribution in [-0.2, 0) is 0 Å². The number of fused-ring (bicyclic) bond motifs is 1. The number of aromatic hydroxyl groups is 1. The van der Waals surface area contributed by atoms with E-state index in [1.165, 1.54) is 12.3 Å². The van der Waals surface area contributed by atoms with E-state index in [1.807, 2.05) is 6.07 Å². The van der Waals surface area contributed by atoms with Crippen molar-refractivity contribution >= 4 is 22.6 Å². The van der Waals surface area contributed by atoms with Crippen molar-refractivity contribution in [2.45, 2.75) is 6.92 Å². The van der Waals surface area contributed by atoms with Crippen molar-refractivity contribution in [1.29, 1.82) is 0 Å². The van der Waals surface area contributed by atoms with Crippen molar-refractivity contribution in [2.24, 2.45) is 0 Å². The molecule has 0 atom stereocenters. The Bertz CT molecular complexity index is 865. The lowest BCUT2D eigenvalue weighted by molar-refractivity contribution is 0.469. The fraction of sp³-hybridized carbons (Fsp3) is 0.0625. The molecule has 0 unspecified atom stereocenters. The normalized spacial score (nSPS) is 10.9. The van der Waals surface area contributed by atoms with Crippen LogP contribution >= 0.6 is 11.6 Å². The minimum absolute atomic E-state index is 0.103. The molecule has 0 spiro atoms. The number of phenolic OH excluding ortho intramolecular Hbond substituents is 1. The summed E-state index contributed by atoms with van der Waals surface area (Å²) in [7, 11) is 0. The molecule has 1 N–H and O–H groups in total. The summed E-state index contributed by atoms with van der Waals surface area (Å²) >= 11 is 6.12. The number of hydrogen-bond acceptors (Lipinski definition) is 3. The third-order valence-electron chi connectivity index (χ3n) is 3.33. The molecule has 100 valence electrons. The molecule has 0 bridgehead atoms. The van der Waals surface area contributed by atoms with Crippen LogP contribution < -0.4 is 5.43 Å².